The van der Waals surface area contributed by atoms with Gasteiger partial charge in [-0.2, -0.15) is 0 Å². The van der Waals surface area contributed by atoms with Crippen LogP contribution >= 0.6 is 0 Å². The van der Waals surface area contributed by atoms with Gasteiger partial charge < -0.3 is 10.3 Å². The quantitative estimate of drug-likeness (QED) is 0.812. The second-order valence-electron chi connectivity index (χ2n) is 4.48. The summed E-state index contributed by atoms with van der Waals surface area (Å²) in [5, 5.41) is 7.52. The summed E-state index contributed by atoms with van der Waals surface area (Å²) >= 11 is 0. The van der Waals surface area contributed by atoms with Crippen molar-refractivity contribution >= 4 is 10.0 Å². The van der Waals surface area contributed by atoms with Crippen LogP contribution in [-0.4, -0.2) is 23.2 Å². The number of nitrogens with zero attached hydrogens (tertiary/aromatic N) is 3. The Morgan fingerprint density at radius 1 is 1.40 bits per heavy atom. The summed E-state index contributed by atoms with van der Waals surface area (Å²) < 4.78 is 28.6. The average Bonchev–Trinajstić information content (AvgIpc) is 2.82. The van der Waals surface area contributed by atoms with Crippen LogP contribution in [0.3, 0.4) is 0 Å². The number of hydrogen-bond donors (Lipinski definition) is 2. The van der Waals surface area contributed by atoms with Crippen LogP contribution in [0.15, 0.2) is 29.4 Å². The highest BCUT2D eigenvalue weighted by Crippen LogP contribution is 2.15. The Morgan fingerprint density at radius 3 is 2.75 bits per heavy atom. The fourth-order valence-corrected chi connectivity index (χ4v) is 2.78. The van der Waals surface area contributed by atoms with Crippen LogP contribution in [0.25, 0.3) is 0 Å². The Morgan fingerprint density at radius 2 is 2.15 bits per heavy atom. The molecule has 1 heterocycles. The second-order valence-corrected chi connectivity index (χ2v) is 6.24. The zero-order valence-corrected chi connectivity index (χ0v) is 12.2. The van der Waals surface area contributed by atoms with Crippen molar-refractivity contribution in [1.29, 1.82) is 0 Å². The fraction of sp³-hybridized carbons (Fsp3) is 0.333. The van der Waals surface area contributed by atoms with E-state index < -0.39 is 10.0 Å². The van der Waals surface area contributed by atoms with E-state index in [1.165, 1.54) is 6.33 Å². The Hall–Kier alpha value is -1.77. The maximum absolute atomic E-state index is 12.2. The highest BCUT2D eigenvalue weighted by molar-refractivity contribution is 7.89. The first-order valence-electron chi connectivity index (χ1n) is 6.06. The molecule has 0 aliphatic carbocycles. The lowest BCUT2D eigenvalue weighted by Gasteiger charge is -2.09. The lowest BCUT2D eigenvalue weighted by atomic mass is 10.1. The van der Waals surface area contributed by atoms with E-state index in [4.69, 9.17) is 5.73 Å². The molecule has 2 aromatic rings. The van der Waals surface area contributed by atoms with Crippen molar-refractivity contribution in [2.45, 2.75) is 24.9 Å². The predicted octanol–water partition coefficient (Wildman–Crippen LogP) is 0.0607. The van der Waals surface area contributed by atoms with Crippen molar-refractivity contribution in [3.63, 3.8) is 0 Å². The maximum Gasteiger partial charge on any atom is 0.240 e. The lowest BCUT2D eigenvalue weighted by Crippen LogP contribution is -2.25. The van der Waals surface area contributed by atoms with Crippen molar-refractivity contribution in [3.8, 4) is 0 Å². The molecule has 0 atom stereocenters. The number of aryl methyl sites for hydroxylation is 2. The van der Waals surface area contributed by atoms with E-state index >= 15 is 0 Å². The highest BCUT2D eigenvalue weighted by atomic mass is 32.2. The summed E-state index contributed by atoms with van der Waals surface area (Å²) in [6.45, 7) is 2.29. The van der Waals surface area contributed by atoms with Gasteiger partial charge in [-0.1, -0.05) is 6.07 Å². The topological polar surface area (TPSA) is 103 Å². The molecule has 8 heteroatoms. The molecule has 0 saturated heterocycles. The van der Waals surface area contributed by atoms with Gasteiger partial charge in [-0.15, -0.1) is 10.2 Å². The van der Waals surface area contributed by atoms with Crippen molar-refractivity contribution in [2.75, 3.05) is 0 Å². The second kappa shape index (κ2) is 5.70. The van der Waals surface area contributed by atoms with Crippen LogP contribution in [0.4, 0.5) is 0 Å². The molecule has 0 spiro atoms. The molecule has 0 radical (unpaired) electrons. The number of aromatic nitrogens is 3. The third kappa shape index (κ3) is 3.03. The molecule has 0 fully saturated rings. The third-order valence-corrected chi connectivity index (χ3v) is 4.48. The molecule has 2 rings (SSSR count). The van der Waals surface area contributed by atoms with Crippen molar-refractivity contribution < 1.29 is 8.42 Å². The van der Waals surface area contributed by atoms with Crippen LogP contribution in [0.5, 0.6) is 0 Å². The molecule has 0 bridgehead atoms. The Bertz CT molecular complexity index is 708. The van der Waals surface area contributed by atoms with Crippen LogP contribution in [0.1, 0.15) is 17.0 Å². The molecule has 1 aromatic carbocycles. The predicted molar refractivity (Wildman–Crippen MR) is 74.1 cm³/mol. The van der Waals surface area contributed by atoms with Crippen LogP contribution < -0.4 is 10.5 Å². The molecule has 0 aliphatic heterocycles. The van der Waals surface area contributed by atoms with E-state index in [2.05, 4.69) is 14.9 Å². The third-order valence-electron chi connectivity index (χ3n) is 3.08. The summed E-state index contributed by atoms with van der Waals surface area (Å²) in [7, 11) is -1.84. The molecule has 0 unspecified atom stereocenters. The van der Waals surface area contributed by atoms with Gasteiger partial charge in [-0.25, -0.2) is 13.1 Å². The zero-order valence-electron chi connectivity index (χ0n) is 11.4. The number of rotatable bonds is 5. The number of nitrogens with two attached hydrogens (primary N) is 1. The average molecular weight is 295 g/mol. The normalized spacial score (nSPS) is 11.8. The van der Waals surface area contributed by atoms with Gasteiger partial charge in [-0.3, -0.25) is 0 Å². The summed E-state index contributed by atoms with van der Waals surface area (Å²) in [5.74, 6) is 0.541. The van der Waals surface area contributed by atoms with Crippen molar-refractivity contribution in [3.05, 3.63) is 41.5 Å². The molecule has 108 valence electrons. The van der Waals surface area contributed by atoms with Crippen LogP contribution in [0.2, 0.25) is 0 Å². The molecule has 0 saturated carbocycles. The molecular weight excluding hydrogens is 278 g/mol. The van der Waals surface area contributed by atoms with E-state index in [0.29, 0.717) is 12.4 Å². The molecule has 1 aromatic heterocycles. The number of sulfonamides is 1. The van der Waals surface area contributed by atoms with Gasteiger partial charge in [0.15, 0.2) is 0 Å². The summed E-state index contributed by atoms with van der Waals surface area (Å²) in [4.78, 5) is 0.200. The molecule has 3 N–H and O–H groups in total. The standard InChI is InChI=1S/C12H17N5O2S/c1-9-3-4-11(5-10(9)6-13)20(18,19)15-7-12-16-14-8-17(12)2/h3-5,8,15H,6-7,13H2,1-2H3. The first kappa shape index (κ1) is 14.6. The number of nitrogens with one attached hydrogen (secondary N) is 1. The van der Waals surface area contributed by atoms with Gasteiger partial charge >= 0.3 is 0 Å². The lowest BCUT2D eigenvalue weighted by molar-refractivity contribution is 0.577. The van der Waals surface area contributed by atoms with Crippen molar-refractivity contribution in [1.82, 2.24) is 19.5 Å². The number of hydrogen-bond acceptors (Lipinski definition) is 5. The minimum Gasteiger partial charge on any atom is -0.326 e. The van der Waals surface area contributed by atoms with Gasteiger partial charge in [0, 0.05) is 13.6 Å². The molecule has 0 aliphatic rings. The first-order chi connectivity index (χ1) is 9.44. The van der Waals surface area contributed by atoms with Gasteiger partial charge in [0.1, 0.15) is 12.2 Å². The highest BCUT2D eigenvalue weighted by Gasteiger charge is 2.16. The minimum atomic E-state index is -3.59. The maximum atomic E-state index is 12.2. The molecular formula is C12H17N5O2S. The van der Waals surface area contributed by atoms with Crippen molar-refractivity contribution in [2.24, 2.45) is 12.8 Å². The number of benzene rings is 1. The summed E-state index contributed by atoms with van der Waals surface area (Å²) in [6, 6.07) is 4.90. The van der Waals surface area contributed by atoms with E-state index in [1.807, 2.05) is 6.92 Å². The molecule has 7 nitrogen and oxygen atoms in total. The molecule has 0 amide bonds. The first-order valence-corrected chi connectivity index (χ1v) is 7.54. The van der Waals surface area contributed by atoms with E-state index in [1.54, 1.807) is 29.8 Å². The Labute approximate surface area is 117 Å². The summed E-state index contributed by atoms with van der Waals surface area (Å²) in [6.07, 6.45) is 1.52. The zero-order chi connectivity index (χ0) is 14.8. The SMILES string of the molecule is Cc1ccc(S(=O)(=O)NCc2nncn2C)cc1CN. The van der Waals surface area contributed by atoms with E-state index in [9.17, 15) is 8.42 Å². The fourth-order valence-electron chi connectivity index (χ4n) is 1.74. The summed E-state index contributed by atoms with van der Waals surface area (Å²) in [5.41, 5.74) is 7.38. The Kier molecular flexibility index (Phi) is 4.17. The van der Waals surface area contributed by atoms with E-state index in [-0.39, 0.29) is 11.4 Å². The molecule has 20 heavy (non-hydrogen) atoms. The van der Waals surface area contributed by atoms with Crippen LogP contribution in [-0.2, 0) is 30.2 Å². The van der Waals surface area contributed by atoms with Gasteiger partial charge in [-0.05, 0) is 30.2 Å². The smallest absolute Gasteiger partial charge is 0.240 e. The minimum absolute atomic E-state index is 0.0880. The Balaban J connectivity index is 2.20. The van der Waals surface area contributed by atoms with Gasteiger partial charge in [0.2, 0.25) is 10.0 Å². The monoisotopic (exact) mass is 295 g/mol. The van der Waals surface area contributed by atoms with Crippen LogP contribution in [0, 0.1) is 6.92 Å². The van der Waals surface area contributed by atoms with Gasteiger partial charge in [0.25, 0.3) is 0 Å². The largest absolute Gasteiger partial charge is 0.326 e. The van der Waals surface area contributed by atoms with Gasteiger partial charge in [0.05, 0.1) is 11.4 Å². The van der Waals surface area contributed by atoms with E-state index in [0.717, 1.165) is 11.1 Å².